The third-order valence-corrected chi connectivity index (χ3v) is 5.05. The number of aryl methyl sites for hydroxylation is 3. The molecule has 0 spiro atoms. The lowest BCUT2D eigenvalue weighted by atomic mass is 10.1. The van der Waals surface area contributed by atoms with E-state index in [-0.39, 0.29) is 23.0 Å². The van der Waals surface area contributed by atoms with Crippen LogP contribution in [0.5, 0.6) is 0 Å². The van der Waals surface area contributed by atoms with Crippen LogP contribution >= 0.6 is 11.8 Å². The van der Waals surface area contributed by atoms with E-state index in [1.54, 1.807) is 13.0 Å². The minimum atomic E-state index is -0.502. The molecule has 3 aromatic rings. The predicted octanol–water partition coefficient (Wildman–Crippen LogP) is 4.04. The minimum absolute atomic E-state index is 0.0370. The number of nitrogens with one attached hydrogen (secondary N) is 2. The summed E-state index contributed by atoms with van der Waals surface area (Å²) in [7, 11) is 0. The van der Waals surface area contributed by atoms with Gasteiger partial charge in [-0.1, -0.05) is 41.6 Å². The number of carbonyl (C=O) groups is 1. The van der Waals surface area contributed by atoms with Gasteiger partial charge in [-0.25, -0.2) is 4.98 Å². The van der Waals surface area contributed by atoms with E-state index in [1.807, 2.05) is 38.1 Å². The number of benzene rings is 2. The molecular formula is C19H19N5O3S. The van der Waals surface area contributed by atoms with Crippen LogP contribution < -0.4 is 5.32 Å². The summed E-state index contributed by atoms with van der Waals surface area (Å²) in [4.78, 5) is 27.3. The second-order valence-electron chi connectivity index (χ2n) is 6.38. The molecule has 9 heteroatoms. The second-order valence-corrected chi connectivity index (χ2v) is 7.32. The molecule has 0 fully saturated rings. The van der Waals surface area contributed by atoms with Gasteiger partial charge in [0.2, 0.25) is 11.1 Å². The van der Waals surface area contributed by atoms with Crippen molar-refractivity contribution in [2.75, 3.05) is 11.1 Å². The molecule has 1 heterocycles. The molecule has 2 aromatic carbocycles. The van der Waals surface area contributed by atoms with Crippen molar-refractivity contribution in [3.05, 3.63) is 63.2 Å². The van der Waals surface area contributed by atoms with Gasteiger partial charge in [0.05, 0.1) is 10.7 Å². The summed E-state index contributed by atoms with van der Waals surface area (Å²) in [6.07, 6.45) is 0. The third-order valence-electron chi connectivity index (χ3n) is 4.21. The van der Waals surface area contributed by atoms with Crippen LogP contribution in [0.4, 0.5) is 11.4 Å². The van der Waals surface area contributed by atoms with E-state index in [2.05, 4.69) is 20.5 Å². The lowest BCUT2D eigenvalue weighted by molar-refractivity contribution is -0.384. The first-order chi connectivity index (χ1) is 13.3. The van der Waals surface area contributed by atoms with Gasteiger partial charge in [-0.15, -0.1) is 5.10 Å². The van der Waals surface area contributed by atoms with Crippen LogP contribution in [-0.4, -0.2) is 31.8 Å². The maximum atomic E-state index is 12.3. The number of rotatable bonds is 6. The molecular weight excluding hydrogens is 378 g/mol. The smallest absolute Gasteiger partial charge is 0.293 e. The largest absolute Gasteiger partial charge is 0.320 e. The first kappa shape index (κ1) is 19.6. The Morgan fingerprint density at radius 1 is 1.18 bits per heavy atom. The van der Waals surface area contributed by atoms with E-state index in [4.69, 9.17) is 0 Å². The predicted molar refractivity (Wildman–Crippen MR) is 108 cm³/mol. The molecule has 28 heavy (non-hydrogen) atoms. The van der Waals surface area contributed by atoms with E-state index in [9.17, 15) is 14.9 Å². The highest BCUT2D eigenvalue weighted by Gasteiger charge is 2.18. The fourth-order valence-electron chi connectivity index (χ4n) is 2.52. The Morgan fingerprint density at radius 3 is 2.54 bits per heavy atom. The number of nitrogens with zero attached hydrogens (tertiary/aromatic N) is 3. The summed E-state index contributed by atoms with van der Waals surface area (Å²) in [5, 5.41) is 21.2. The molecule has 0 aliphatic rings. The van der Waals surface area contributed by atoms with Crippen molar-refractivity contribution in [2.45, 2.75) is 25.9 Å². The summed E-state index contributed by atoms with van der Waals surface area (Å²) in [5.74, 6) is 0.292. The van der Waals surface area contributed by atoms with E-state index >= 15 is 0 Å². The first-order valence-corrected chi connectivity index (χ1v) is 9.50. The van der Waals surface area contributed by atoms with Gasteiger partial charge in [0, 0.05) is 11.6 Å². The number of hydrogen-bond donors (Lipinski definition) is 2. The number of amides is 1. The fourth-order valence-corrected chi connectivity index (χ4v) is 3.12. The van der Waals surface area contributed by atoms with Crippen LogP contribution in [0.2, 0.25) is 0 Å². The normalized spacial score (nSPS) is 10.7. The van der Waals surface area contributed by atoms with Crippen molar-refractivity contribution >= 4 is 29.0 Å². The molecule has 3 rings (SSSR count). The van der Waals surface area contributed by atoms with Gasteiger partial charge in [0.25, 0.3) is 5.69 Å². The highest BCUT2D eigenvalue weighted by atomic mass is 32.2. The third kappa shape index (κ3) is 4.55. The standard InChI is InChI=1S/C19H19N5O3S/c1-11-4-6-14(7-5-11)18-21-19(23-22-18)28-10-17(25)20-15-8-12(2)13(3)9-16(15)24(26)27/h4-9H,10H2,1-3H3,(H,20,25)(H,21,22,23). The topological polar surface area (TPSA) is 114 Å². The lowest BCUT2D eigenvalue weighted by Gasteiger charge is -2.08. The number of nitro groups is 1. The molecule has 0 atom stereocenters. The molecule has 2 N–H and O–H groups in total. The summed E-state index contributed by atoms with van der Waals surface area (Å²) >= 11 is 1.15. The zero-order valence-electron chi connectivity index (χ0n) is 15.6. The molecule has 0 unspecified atom stereocenters. The fraction of sp³-hybridized carbons (Fsp3) is 0.211. The molecule has 144 valence electrons. The number of nitro benzene ring substituents is 1. The van der Waals surface area contributed by atoms with E-state index in [0.29, 0.717) is 11.0 Å². The van der Waals surface area contributed by atoms with Crippen LogP contribution in [0.25, 0.3) is 11.4 Å². The van der Waals surface area contributed by atoms with Crippen molar-refractivity contribution in [3.8, 4) is 11.4 Å². The van der Waals surface area contributed by atoms with Crippen molar-refractivity contribution in [2.24, 2.45) is 0 Å². The average Bonchev–Trinajstić information content (AvgIpc) is 3.12. The summed E-state index contributed by atoms with van der Waals surface area (Å²) in [5.41, 5.74) is 3.78. The Labute approximate surface area is 165 Å². The van der Waals surface area contributed by atoms with Gasteiger partial charge in [-0.3, -0.25) is 20.0 Å². The Hall–Kier alpha value is -3.20. The van der Waals surface area contributed by atoms with Gasteiger partial charge in [-0.05, 0) is 38.0 Å². The van der Waals surface area contributed by atoms with Crippen molar-refractivity contribution in [3.63, 3.8) is 0 Å². The number of hydrogen-bond acceptors (Lipinski definition) is 6. The number of aromatic nitrogens is 3. The molecule has 0 aliphatic heterocycles. The average molecular weight is 397 g/mol. The highest BCUT2D eigenvalue weighted by Crippen LogP contribution is 2.28. The highest BCUT2D eigenvalue weighted by molar-refractivity contribution is 7.99. The molecule has 0 saturated carbocycles. The summed E-state index contributed by atoms with van der Waals surface area (Å²) in [6.45, 7) is 5.63. The number of anilines is 1. The van der Waals surface area contributed by atoms with Crippen molar-refractivity contribution < 1.29 is 9.72 Å². The zero-order chi connectivity index (χ0) is 20.3. The monoisotopic (exact) mass is 397 g/mol. The number of aromatic amines is 1. The number of carbonyl (C=O) groups excluding carboxylic acids is 1. The van der Waals surface area contributed by atoms with Crippen LogP contribution in [-0.2, 0) is 4.79 Å². The van der Waals surface area contributed by atoms with Gasteiger partial charge in [-0.2, -0.15) is 0 Å². The maximum absolute atomic E-state index is 12.3. The van der Waals surface area contributed by atoms with Crippen LogP contribution in [0.15, 0.2) is 41.6 Å². The van der Waals surface area contributed by atoms with Crippen molar-refractivity contribution in [1.82, 2.24) is 15.2 Å². The molecule has 8 nitrogen and oxygen atoms in total. The van der Waals surface area contributed by atoms with E-state index in [1.165, 1.54) is 6.07 Å². The Bertz CT molecular complexity index is 1030. The Balaban J connectivity index is 1.65. The number of thioether (sulfide) groups is 1. The molecule has 0 saturated heterocycles. The van der Waals surface area contributed by atoms with E-state index < -0.39 is 4.92 Å². The van der Waals surface area contributed by atoms with Gasteiger partial charge in [0.1, 0.15) is 5.69 Å². The first-order valence-electron chi connectivity index (χ1n) is 8.51. The summed E-state index contributed by atoms with van der Waals surface area (Å²) in [6, 6.07) is 10.9. The molecule has 1 aromatic heterocycles. The SMILES string of the molecule is Cc1ccc(-c2nc(SCC(=O)Nc3cc(C)c(C)cc3[N+](=O)[O-])n[nH]2)cc1. The minimum Gasteiger partial charge on any atom is -0.320 e. The van der Waals surface area contributed by atoms with Crippen LogP contribution in [0, 0.1) is 30.9 Å². The Kier molecular flexibility index (Phi) is 5.74. The second kappa shape index (κ2) is 8.22. The van der Waals surface area contributed by atoms with Gasteiger partial charge >= 0.3 is 0 Å². The zero-order valence-corrected chi connectivity index (χ0v) is 16.5. The molecule has 0 radical (unpaired) electrons. The van der Waals surface area contributed by atoms with Crippen LogP contribution in [0.3, 0.4) is 0 Å². The maximum Gasteiger partial charge on any atom is 0.293 e. The van der Waals surface area contributed by atoms with Crippen molar-refractivity contribution in [1.29, 1.82) is 0 Å². The van der Waals surface area contributed by atoms with Gasteiger partial charge in [0.15, 0.2) is 5.82 Å². The molecule has 0 bridgehead atoms. The molecule has 1 amide bonds. The summed E-state index contributed by atoms with van der Waals surface area (Å²) < 4.78 is 0. The molecule has 0 aliphatic carbocycles. The lowest BCUT2D eigenvalue weighted by Crippen LogP contribution is -2.15. The number of H-pyrrole nitrogens is 1. The Morgan fingerprint density at radius 2 is 1.86 bits per heavy atom. The quantitative estimate of drug-likeness (QED) is 0.369. The van der Waals surface area contributed by atoms with E-state index in [0.717, 1.165) is 34.0 Å². The van der Waals surface area contributed by atoms with Gasteiger partial charge < -0.3 is 5.32 Å². The van der Waals surface area contributed by atoms with Crippen LogP contribution in [0.1, 0.15) is 16.7 Å².